The number of benzene rings is 1. The Labute approximate surface area is 111 Å². The van der Waals surface area contributed by atoms with Gasteiger partial charge in [0.2, 0.25) is 0 Å². The maximum atomic E-state index is 10.7. The second kappa shape index (κ2) is 6.35. The summed E-state index contributed by atoms with van der Waals surface area (Å²) in [6, 6.07) is 4.25. The van der Waals surface area contributed by atoms with Crippen LogP contribution in [0.2, 0.25) is 0 Å². The number of nitrogens with two attached hydrogens (primary N) is 1. The molecule has 0 fully saturated rings. The monoisotopic (exact) mass is 269 g/mol. The molecule has 19 heavy (non-hydrogen) atoms. The third-order valence-corrected chi connectivity index (χ3v) is 2.67. The van der Waals surface area contributed by atoms with Crippen LogP contribution in [0.1, 0.15) is 13.3 Å². The van der Waals surface area contributed by atoms with E-state index >= 15 is 0 Å². The van der Waals surface area contributed by atoms with E-state index in [9.17, 15) is 15.2 Å². The molecule has 4 N–H and O–H groups in total. The van der Waals surface area contributed by atoms with Gasteiger partial charge in [0.25, 0.3) is 5.69 Å². The molecule has 1 atom stereocenters. The van der Waals surface area contributed by atoms with Gasteiger partial charge in [-0.15, -0.1) is 0 Å². The molecule has 1 unspecified atom stereocenters. The second-order valence-electron chi connectivity index (χ2n) is 4.66. The molecule has 0 aliphatic rings. The number of hydrogen-bond donors (Lipinski definition) is 3. The number of non-ortho nitro benzene ring substituents is 1. The van der Waals surface area contributed by atoms with Crippen LogP contribution in [0.3, 0.4) is 0 Å². The van der Waals surface area contributed by atoms with Crippen molar-refractivity contribution in [3.8, 4) is 0 Å². The first-order valence-electron chi connectivity index (χ1n) is 5.84. The van der Waals surface area contributed by atoms with Crippen LogP contribution < -0.4 is 11.1 Å². The van der Waals surface area contributed by atoms with Crippen molar-refractivity contribution in [2.75, 3.05) is 31.3 Å². The van der Waals surface area contributed by atoms with Crippen LogP contribution in [0.25, 0.3) is 0 Å². The van der Waals surface area contributed by atoms with E-state index < -0.39 is 10.5 Å². The van der Waals surface area contributed by atoms with Crippen molar-refractivity contribution in [3.05, 3.63) is 28.3 Å². The van der Waals surface area contributed by atoms with Gasteiger partial charge in [-0.1, -0.05) is 0 Å². The first-order chi connectivity index (χ1) is 8.84. The van der Waals surface area contributed by atoms with Gasteiger partial charge < -0.3 is 20.9 Å². The normalized spacial score (nSPS) is 13.8. The molecular weight excluding hydrogens is 250 g/mol. The molecule has 7 nitrogen and oxygen atoms in total. The van der Waals surface area contributed by atoms with Crippen LogP contribution in [-0.2, 0) is 4.74 Å². The molecule has 0 aromatic heterocycles. The number of methoxy groups -OCH3 is 1. The highest BCUT2D eigenvalue weighted by molar-refractivity contribution is 5.61. The van der Waals surface area contributed by atoms with Crippen LogP contribution in [0.5, 0.6) is 0 Å². The minimum Gasteiger partial charge on any atom is -0.398 e. The second-order valence-corrected chi connectivity index (χ2v) is 4.66. The van der Waals surface area contributed by atoms with E-state index in [0.717, 1.165) is 0 Å². The topological polar surface area (TPSA) is 111 Å². The number of hydrogen-bond acceptors (Lipinski definition) is 6. The number of aliphatic hydroxyl groups is 1. The molecule has 7 heteroatoms. The van der Waals surface area contributed by atoms with Gasteiger partial charge in [-0.25, -0.2) is 0 Å². The van der Waals surface area contributed by atoms with Crippen LogP contribution in [0.15, 0.2) is 18.2 Å². The summed E-state index contributed by atoms with van der Waals surface area (Å²) in [5.74, 6) is 0. The largest absolute Gasteiger partial charge is 0.398 e. The highest BCUT2D eigenvalue weighted by Crippen LogP contribution is 2.23. The van der Waals surface area contributed by atoms with Crippen LogP contribution in [-0.4, -0.2) is 35.9 Å². The van der Waals surface area contributed by atoms with Crippen molar-refractivity contribution in [1.29, 1.82) is 0 Å². The summed E-state index contributed by atoms with van der Waals surface area (Å²) < 4.78 is 4.90. The maximum Gasteiger partial charge on any atom is 0.273 e. The summed E-state index contributed by atoms with van der Waals surface area (Å²) in [5, 5.41) is 23.7. The molecule has 0 heterocycles. The van der Waals surface area contributed by atoms with Crippen LogP contribution in [0, 0.1) is 10.1 Å². The fraction of sp³-hybridized carbons (Fsp3) is 0.500. The molecule has 0 radical (unpaired) electrons. The molecule has 1 rings (SSSR count). The molecule has 0 aliphatic heterocycles. The summed E-state index contributed by atoms with van der Waals surface area (Å²) in [7, 11) is 1.56. The van der Waals surface area contributed by atoms with Crippen molar-refractivity contribution in [2.45, 2.75) is 18.9 Å². The number of nitrogens with zero attached hydrogens (tertiary/aromatic N) is 1. The van der Waals surface area contributed by atoms with Gasteiger partial charge in [-0.2, -0.15) is 0 Å². The number of nitro groups is 1. The number of rotatable bonds is 7. The van der Waals surface area contributed by atoms with E-state index in [-0.39, 0.29) is 12.2 Å². The standard InChI is InChI=1S/C12H19N3O4/c1-12(16,3-4-19-2)8-14-10-5-9(13)6-11(7-10)15(17)18/h5-7,14,16H,3-4,8,13H2,1-2H3. The minimum absolute atomic E-state index is 0.0842. The summed E-state index contributed by atoms with van der Waals surface area (Å²) in [4.78, 5) is 10.2. The maximum absolute atomic E-state index is 10.7. The fourth-order valence-electron chi connectivity index (χ4n) is 1.54. The number of ether oxygens (including phenoxy) is 1. The molecule has 0 amide bonds. The van der Waals surface area contributed by atoms with E-state index in [0.29, 0.717) is 24.4 Å². The third-order valence-electron chi connectivity index (χ3n) is 2.67. The Morgan fingerprint density at radius 1 is 1.53 bits per heavy atom. The number of nitro benzene ring substituents is 1. The zero-order valence-corrected chi connectivity index (χ0v) is 11.0. The molecule has 0 aliphatic carbocycles. The number of nitrogen functional groups attached to an aromatic ring is 1. The molecule has 106 valence electrons. The predicted molar refractivity (Wildman–Crippen MR) is 73.1 cm³/mol. The van der Waals surface area contributed by atoms with E-state index in [1.165, 1.54) is 12.1 Å². The Morgan fingerprint density at radius 3 is 2.79 bits per heavy atom. The Balaban J connectivity index is 2.69. The highest BCUT2D eigenvalue weighted by Gasteiger charge is 2.20. The SMILES string of the molecule is COCCC(C)(O)CNc1cc(N)cc([N+](=O)[O-])c1. The van der Waals surface area contributed by atoms with Gasteiger partial charge in [0.05, 0.1) is 10.5 Å². The Bertz CT molecular complexity index is 449. The van der Waals surface area contributed by atoms with Gasteiger partial charge in [0.15, 0.2) is 0 Å². The lowest BCUT2D eigenvalue weighted by Gasteiger charge is -2.23. The molecular formula is C12H19N3O4. The van der Waals surface area contributed by atoms with Gasteiger partial charge in [-0.3, -0.25) is 10.1 Å². The Kier molecular flexibility index (Phi) is 5.08. The summed E-state index contributed by atoms with van der Waals surface area (Å²) in [6.45, 7) is 2.35. The quantitative estimate of drug-likeness (QED) is 0.392. The smallest absolute Gasteiger partial charge is 0.273 e. The third kappa shape index (κ3) is 5.11. The summed E-state index contributed by atoms with van der Waals surface area (Å²) in [5.41, 5.74) is 5.35. The van der Waals surface area contributed by atoms with Crippen molar-refractivity contribution in [1.82, 2.24) is 0 Å². The van der Waals surface area contributed by atoms with E-state index in [1.54, 1.807) is 20.1 Å². The van der Waals surface area contributed by atoms with Gasteiger partial charge >= 0.3 is 0 Å². The first kappa shape index (κ1) is 15.2. The lowest BCUT2D eigenvalue weighted by molar-refractivity contribution is -0.384. The van der Waals surface area contributed by atoms with Gasteiger partial charge in [0.1, 0.15) is 0 Å². The lowest BCUT2D eigenvalue weighted by atomic mass is 10.0. The highest BCUT2D eigenvalue weighted by atomic mass is 16.6. The molecule has 0 bridgehead atoms. The summed E-state index contributed by atoms with van der Waals surface area (Å²) in [6.07, 6.45) is 0.459. The predicted octanol–water partition coefficient (Wildman–Crippen LogP) is 1.38. The Hall–Kier alpha value is -1.86. The molecule has 0 saturated carbocycles. The zero-order chi connectivity index (χ0) is 14.5. The molecule has 1 aromatic rings. The summed E-state index contributed by atoms with van der Waals surface area (Å²) >= 11 is 0. The average Bonchev–Trinajstić information content (AvgIpc) is 2.33. The zero-order valence-electron chi connectivity index (χ0n) is 11.0. The Morgan fingerprint density at radius 2 is 2.21 bits per heavy atom. The average molecular weight is 269 g/mol. The van der Waals surface area contributed by atoms with E-state index in [2.05, 4.69) is 5.32 Å². The fourth-order valence-corrected chi connectivity index (χ4v) is 1.54. The van der Waals surface area contributed by atoms with E-state index in [1.807, 2.05) is 0 Å². The van der Waals surface area contributed by atoms with Crippen molar-refractivity contribution < 1.29 is 14.8 Å². The molecule has 0 spiro atoms. The number of anilines is 2. The minimum atomic E-state index is -0.963. The van der Waals surface area contributed by atoms with Crippen LogP contribution in [0.4, 0.5) is 17.1 Å². The van der Waals surface area contributed by atoms with Gasteiger partial charge in [-0.05, 0) is 13.0 Å². The first-order valence-corrected chi connectivity index (χ1v) is 5.84. The van der Waals surface area contributed by atoms with Crippen LogP contribution >= 0.6 is 0 Å². The lowest BCUT2D eigenvalue weighted by Crippen LogP contribution is -2.34. The molecule has 0 saturated heterocycles. The van der Waals surface area contributed by atoms with Gasteiger partial charge in [0, 0.05) is 50.2 Å². The van der Waals surface area contributed by atoms with Crippen molar-refractivity contribution >= 4 is 17.1 Å². The molecule has 1 aromatic carbocycles. The van der Waals surface area contributed by atoms with Crippen molar-refractivity contribution in [2.24, 2.45) is 0 Å². The van der Waals surface area contributed by atoms with Crippen molar-refractivity contribution in [3.63, 3.8) is 0 Å². The number of nitrogens with one attached hydrogen (secondary N) is 1. The van der Waals surface area contributed by atoms with E-state index in [4.69, 9.17) is 10.5 Å².